The quantitative estimate of drug-likeness (QED) is 0.552. The minimum Gasteiger partial charge on any atom is -0.0848 e. The maximum Gasteiger partial charge on any atom is -0.0208 e. The van der Waals surface area contributed by atoms with Gasteiger partial charge >= 0.3 is 0 Å². The highest BCUT2D eigenvalue weighted by Crippen LogP contribution is 2.30. The molecule has 0 radical (unpaired) electrons. The van der Waals surface area contributed by atoms with Crippen LogP contribution in [0.1, 0.15) is 52.9 Å². The summed E-state index contributed by atoms with van der Waals surface area (Å²) in [6, 6.07) is 0. The Bertz CT molecular complexity index is 151. The highest BCUT2D eigenvalue weighted by atomic mass is 14.2. The Labute approximate surface area is 77.1 Å². The van der Waals surface area contributed by atoms with E-state index in [0.29, 0.717) is 0 Å². The van der Waals surface area contributed by atoms with Gasteiger partial charge in [-0.25, -0.2) is 0 Å². The molecule has 0 aromatic carbocycles. The topological polar surface area (TPSA) is 0 Å². The number of allylic oxidation sites excluding steroid dienone is 2. The third-order valence-electron chi connectivity index (χ3n) is 3.22. The third kappa shape index (κ3) is 2.36. The highest BCUT2D eigenvalue weighted by molar-refractivity contribution is 5.09. The Morgan fingerprint density at radius 3 is 2.50 bits per heavy atom. The van der Waals surface area contributed by atoms with Gasteiger partial charge in [-0.3, -0.25) is 0 Å². The van der Waals surface area contributed by atoms with Crippen LogP contribution in [0.3, 0.4) is 0 Å². The molecule has 1 aliphatic carbocycles. The molecule has 0 aromatic rings. The van der Waals surface area contributed by atoms with Gasteiger partial charge in [-0.05, 0) is 43.9 Å². The monoisotopic (exact) mass is 166 g/mol. The first-order chi connectivity index (χ1) is 5.77. The molecule has 0 nitrogen and oxygen atoms in total. The lowest BCUT2D eigenvalue weighted by atomic mass is 9.82. The summed E-state index contributed by atoms with van der Waals surface area (Å²) >= 11 is 0. The molecule has 0 heteroatoms. The first-order valence-corrected chi connectivity index (χ1v) is 5.46. The minimum absolute atomic E-state index is 0.887. The zero-order chi connectivity index (χ0) is 8.97. The summed E-state index contributed by atoms with van der Waals surface area (Å²) < 4.78 is 0. The second kappa shape index (κ2) is 4.69. The van der Waals surface area contributed by atoms with Crippen LogP contribution < -0.4 is 0 Å². The minimum atomic E-state index is 0.887. The van der Waals surface area contributed by atoms with Crippen LogP contribution in [0.25, 0.3) is 0 Å². The average molecular weight is 166 g/mol. The molecule has 0 aliphatic heterocycles. The molecule has 0 heterocycles. The van der Waals surface area contributed by atoms with Crippen LogP contribution in [-0.4, -0.2) is 0 Å². The Morgan fingerprint density at radius 1 is 1.42 bits per heavy atom. The van der Waals surface area contributed by atoms with E-state index in [2.05, 4.69) is 26.8 Å². The van der Waals surface area contributed by atoms with Crippen LogP contribution >= 0.6 is 0 Å². The lowest BCUT2D eigenvalue weighted by molar-refractivity contribution is 0.459. The van der Waals surface area contributed by atoms with Gasteiger partial charge in [0.05, 0.1) is 0 Å². The molecule has 0 saturated heterocycles. The fraction of sp³-hybridized carbons (Fsp3) is 0.833. The van der Waals surface area contributed by atoms with E-state index in [-0.39, 0.29) is 0 Å². The van der Waals surface area contributed by atoms with Crippen molar-refractivity contribution < 1.29 is 0 Å². The van der Waals surface area contributed by atoms with Crippen molar-refractivity contribution in [1.29, 1.82) is 0 Å². The molecule has 0 amide bonds. The molecule has 0 aromatic heterocycles. The van der Waals surface area contributed by atoms with Crippen LogP contribution in [0.5, 0.6) is 0 Å². The second-order valence-corrected chi connectivity index (χ2v) is 4.17. The van der Waals surface area contributed by atoms with Crippen LogP contribution in [0.15, 0.2) is 11.6 Å². The van der Waals surface area contributed by atoms with E-state index >= 15 is 0 Å². The standard InChI is InChI=1S/C12H22/c1-4-11(5-2)12-8-6-10(3)7-9-12/h8,10-11H,4-7,9H2,1-3H3. The summed E-state index contributed by atoms with van der Waals surface area (Å²) in [4.78, 5) is 0. The molecule has 70 valence electrons. The van der Waals surface area contributed by atoms with Gasteiger partial charge in [0.2, 0.25) is 0 Å². The lowest BCUT2D eigenvalue weighted by Gasteiger charge is -2.23. The summed E-state index contributed by atoms with van der Waals surface area (Å²) in [6.07, 6.45) is 9.28. The van der Waals surface area contributed by atoms with E-state index in [9.17, 15) is 0 Å². The maximum atomic E-state index is 2.51. The Kier molecular flexibility index (Phi) is 3.84. The molecule has 0 fully saturated rings. The van der Waals surface area contributed by atoms with Crippen molar-refractivity contribution in [2.24, 2.45) is 11.8 Å². The summed E-state index contributed by atoms with van der Waals surface area (Å²) in [7, 11) is 0. The number of hydrogen-bond acceptors (Lipinski definition) is 0. The largest absolute Gasteiger partial charge is 0.0848 e. The normalized spacial score (nSPS) is 24.3. The Balaban J connectivity index is 2.50. The zero-order valence-electron chi connectivity index (χ0n) is 8.77. The van der Waals surface area contributed by atoms with E-state index in [1.165, 1.54) is 32.1 Å². The molecule has 0 spiro atoms. The summed E-state index contributed by atoms with van der Waals surface area (Å²) in [5, 5.41) is 0. The van der Waals surface area contributed by atoms with Crippen LogP contribution in [0.2, 0.25) is 0 Å². The van der Waals surface area contributed by atoms with E-state index < -0.39 is 0 Å². The fourth-order valence-corrected chi connectivity index (χ4v) is 2.17. The van der Waals surface area contributed by atoms with Crippen molar-refractivity contribution in [1.82, 2.24) is 0 Å². The predicted octanol–water partition coefficient (Wildman–Crippen LogP) is 4.17. The molecule has 1 rings (SSSR count). The second-order valence-electron chi connectivity index (χ2n) is 4.17. The first kappa shape index (κ1) is 9.83. The van der Waals surface area contributed by atoms with E-state index in [4.69, 9.17) is 0 Å². The van der Waals surface area contributed by atoms with E-state index in [0.717, 1.165) is 11.8 Å². The molecule has 1 unspecified atom stereocenters. The van der Waals surface area contributed by atoms with E-state index in [1.807, 2.05) is 0 Å². The predicted molar refractivity (Wildman–Crippen MR) is 55.2 cm³/mol. The van der Waals surface area contributed by atoms with Gasteiger partial charge in [0, 0.05) is 0 Å². The van der Waals surface area contributed by atoms with Crippen LogP contribution in [0, 0.1) is 11.8 Å². The summed E-state index contributed by atoms with van der Waals surface area (Å²) in [5.41, 5.74) is 1.75. The lowest BCUT2D eigenvalue weighted by Crippen LogP contribution is -2.08. The van der Waals surface area contributed by atoms with Gasteiger partial charge in [0.1, 0.15) is 0 Å². The van der Waals surface area contributed by atoms with E-state index in [1.54, 1.807) is 5.57 Å². The van der Waals surface area contributed by atoms with Crippen LogP contribution in [0.4, 0.5) is 0 Å². The Hall–Kier alpha value is -0.260. The molecule has 0 N–H and O–H groups in total. The molecule has 1 atom stereocenters. The summed E-state index contributed by atoms with van der Waals surface area (Å²) in [5.74, 6) is 1.82. The van der Waals surface area contributed by atoms with Gasteiger partial charge in [-0.15, -0.1) is 0 Å². The first-order valence-electron chi connectivity index (χ1n) is 5.46. The van der Waals surface area contributed by atoms with Crippen molar-refractivity contribution in [2.45, 2.75) is 52.9 Å². The van der Waals surface area contributed by atoms with Crippen molar-refractivity contribution in [3.8, 4) is 0 Å². The van der Waals surface area contributed by atoms with Gasteiger partial charge in [0.25, 0.3) is 0 Å². The molecule has 0 saturated carbocycles. The third-order valence-corrected chi connectivity index (χ3v) is 3.22. The number of hydrogen-bond donors (Lipinski definition) is 0. The smallest absolute Gasteiger partial charge is 0.0208 e. The van der Waals surface area contributed by atoms with Crippen molar-refractivity contribution in [3.05, 3.63) is 11.6 Å². The Morgan fingerprint density at radius 2 is 2.08 bits per heavy atom. The molecule has 12 heavy (non-hydrogen) atoms. The zero-order valence-corrected chi connectivity index (χ0v) is 8.77. The average Bonchev–Trinajstić information content (AvgIpc) is 2.10. The highest BCUT2D eigenvalue weighted by Gasteiger charge is 2.15. The SMILES string of the molecule is CCC(CC)C1=CCC(C)CC1. The molecular weight excluding hydrogens is 144 g/mol. The van der Waals surface area contributed by atoms with Crippen molar-refractivity contribution in [3.63, 3.8) is 0 Å². The molecular formula is C12H22. The van der Waals surface area contributed by atoms with Crippen molar-refractivity contribution >= 4 is 0 Å². The number of rotatable bonds is 3. The van der Waals surface area contributed by atoms with Crippen molar-refractivity contribution in [2.75, 3.05) is 0 Å². The van der Waals surface area contributed by atoms with Gasteiger partial charge in [-0.1, -0.05) is 32.4 Å². The van der Waals surface area contributed by atoms with Gasteiger partial charge in [-0.2, -0.15) is 0 Å². The molecule has 0 bridgehead atoms. The fourth-order valence-electron chi connectivity index (χ4n) is 2.17. The summed E-state index contributed by atoms with van der Waals surface area (Å²) in [6.45, 7) is 6.99. The molecule has 1 aliphatic rings. The van der Waals surface area contributed by atoms with Gasteiger partial charge < -0.3 is 0 Å². The maximum absolute atomic E-state index is 2.51. The van der Waals surface area contributed by atoms with Crippen LogP contribution in [-0.2, 0) is 0 Å². The van der Waals surface area contributed by atoms with Gasteiger partial charge in [0.15, 0.2) is 0 Å².